The predicted molar refractivity (Wildman–Crippen MR) is 68.5 cm³/mol. The summed E-state index contributed by atoms with van der Waals surface area (Å²) in [6.07, 6.45) is 0.411. The fourth-order valence-corrected chi connectivity index (χ4v) is 2.17. The number of piperidine rings is 1. The highest BCUT2D eigenvalue weighted by Gasteiger charge is 2.27. The van der Waals surface area contributed by atoms with Crippen LogP contribution in [-0.2, 0) is 0 Å². The van der Waals surface area contributed by atoms with E-state index in [2.05, 4.69) is 24.8 Å². The van der Waals surface area contributed by atoms with Crippen molar-refractivity contribution in [1.29, 1.82) is 0 Å². The molecule has 17 heavy (non-hydrogen) atoms. The molecule has 0 spiro atoms. The van der Waals surface area contributed by atoms with E-state index in [1.807, 2.05) is 19.2 Å². The highest BCUT2D eigenvalue weighted by atomic mass is 16.5. The Hall–Kier alpha value is -1.06. The Morgan fingerprint density at radius 2 is 2.06 bits per heavy atom. The van der Waals surface area contributed by atoms with Crippen molar-refractivity contribution in [2.45, 2.75) is 32.5 Å². The summed E-state index contributed by atoms with van der Waals surface area (Å²) in [5.74, 6) is 0.863. The molecular formula is C14H21NO2. The van der Waals surface area contributed by atoms with Crippen molar-refractivity contribution in [3.05, 3.63) is 29.3 Å². The smallest absolute Gasteiger partial charge is 0.127 e. The molecule has 2 rings (SSSR count). The number of aliphatic hydroxyl groups excluding tert-OH is 1. The molecule has 1 aliphatic rings. The maximum absolute atomic E-state index is 9.96. The standard InChI is InChI=1S/C14H21NO2/c1-10-4-5-12(8-11(10)2)17-14-6-7-15(3)9-13(14)16/h4-5,8,13-14,16H,6-7,9H2,1-3H3/t13-,14-/m1/s1. The second kappa shape index (κ2) is 5.07. The third-order valence-electron chi connectivity index (χ3n) is 3.49. The monoisotopic (exact) mass is 235 g/mol. The van der Waals surface area contributed by atoms with Gasteiger partial charge in [-0.15, -0.1) is 0 Å². The van der Waals surface area contributed by atoms with Gasteiger partial charge in [-0.2, -0.15) is 0 Å². The summed E-state index contributed by atoms with van der Waals surface area (Å²) in [5.41, 5.74) is 2.49. The molecule has 0 saturated carbocycles. The molecule has 1 heterocycles. The molecule has 0 aliphatic carbocycles. The first-order valence-electron chi connectivity index (χ1n) is 6.17. The fraction of sp³-hybridized carbons (Fsp3) is 0.571. The van der Waals surface area contributed by atoms with Crippen molar-refractivity contribution < 1.29 is 9.84 Å². The maximum atomic E-state index is 9.96. The first-order valence-corrected chi connectivity index (χ1v) is 6.17. The van der Waals surface area contributed by atoms with E-state index in [4.69, 9.17) is 4.74 Å². The minimum Gasteiger partial charge on any atom is -0.488 e. The first kappa shape index (κ1) is 12.4. The van der Waals surface area contributed by atoms with Gasteiger partial charge in [0.25, 0.3) is 0 Å². The number of rotatable bonds is 2. The molecule has 3 heteroatoms. The van der Waals surface area contributed by atoms with Crippen LogP contribution in [-0.4, -0.2) is 42.4 Å². The lowest BCUT2D eigenvalue weighted by Gasteiger charge is -2.33. The Balaban J connectivity index is 2.02. The molecular weight excluding hydrogens is 214 g/mol. The number of likely N-dealkylation sites (tertiary alicyclic amines) is 1. The van der Waals surface area contributed by atoms with E-state index in [0.717, 1.165) is 18.7 Å². The Labute approximate surface area is 103 Å². The van der Waals surface area contributed by atoms with Crippen molar-refractivity contribution >= 4 is 0 Å². The number of hydrogen-bond donors (Lipinski definition) is 1. The lowest BCUT2D eigenvalue weighted by Crippen LogP contribution is -2.47. The van der Waals surface area contributed by atoms with Gasteiger partial charge in [-0.3, -0.25) is 0 Å². The molecule has 3 nitrogen and oxygen atoms in total. The topological polar surface area (TPSA) is 32.7 Å². The highest BCUT2D eigenvalue weighted by molar-refractivity contribution is 5.34. The summed E-state index contributed by atoms with van der Waals surface area (Å²) < 4.78 is 5.88. The van der Waals surface area contributed by atoms with Gasteiger partial charge in [0.2, 0.25) is 0 Å². The largest absolute Gasteiger partial charge is 0.488 e. The van der Waals surface area contributed by atoms with Gasteiger partial charge in [-0.25, -0.2) is 0 Å². The zero-order chi connectivity index (χ0) is 12.4. The number of ether oxygens (including phenoxy) is 1. The zero-order valence-electron chi connectivity index (χ0n) is 10.8. The lowest BCUT2D eigenvalue weighted by molar-refractivity contribution is -0.0182. The number of likely N-dealkylation sites (N-methyl/N-ethyl adjacent to an activating group) is 1. The third kappa shape index (κ3) is 2.99. The Morgan fingerprint density at radius 3 is 2.71 bits per heavy atom. The molecule has 1 aromatic carbocycles. The van der Waals surface area contributed by atoms with Crippen molar-refractivity contribution in [2.24, 2.45) is 0 Å². The van der Waals surface area contributed by atoms with E-state index >= 15 is 0 Å². The van der Waals surface area contributed by atoms with Crippen LogP contribution in [0.25, 0.3) is 0 Å². The van der Waals surface area contributed by atoms with Gasteiger partial charge in [-0.05, 0) is 50.6 Å². The van der Waals surface area contributed by atoms with Gasteiger partial charge in [0.05, 0.1) is 0 Å². The molecule has 94 valence electrons. The summed E-state index contributed by atoms with van der Waals surface area (Å²) in [6.45, 7) is 5.83. The molecule has 1 aliphatic heterocycles. The van der Waals surface area contributed by atoms with Crippen LogP contribution in [0.1, 0.15) is 17.5 Å². The normalized spacial score (nSPS) is 25.9. The quantitative estimate of drug-likeness (QED) is 0.847. The number of hydrogen-bond acceptors (Lipinski definition) is 3. The maximum Gasteiger partial charge on any atom is 0.127 e. The first-order chi connectivity index (χ1) is 8.06. The third-order valence-corrected chi connectivity index (χ3v) is 3.49. The zero-order valence-corrected chi connectivity index (χ0v) is 10.8. The molecule has 0 radical (unpaired) electrons. The molecule has 1 fully saturated rings. The minimum atomic E-state index is -0.393. The van der Waals surface area contributed by atoms with Gasteiger partial charge in [0, 0.05) is 13.1 Å². The lowest BCUT2D eigenvalue weighted by atomic mass is 10.1. The molecule has 0 amide bonds. The minimum absolute atomic E-state index is 0.0756. The molecule has 1 aromatic rings. The van der Waals surface area contributed by atoms with Crippen LogP contribution in [0, 0.1) is 13.8 Å². The molecule has 0 bridgehead atoms. The number of nitrogens with zero attached hydrogens (tertiary/aromatic N) is 1. The summed E-state index contributed by atoms with van der Waals surface area (Å²) in [7, 11) is 2.02. The second-order valence-corrected chi connectivity index (χ2v) is 5.02. The highest BCUT2D eigenvalue weighted by Crippen LogP contribution is 2.21. The van der Waals surface area contributed by atoms with Gasteiger partial charge in [0.1, 0.15) is 18.0 Å². The van der Waals surface area contributed by atoms with Crippen LogP contribution in [0.2, 0.25) is 0 Å². The summed E-state index contributed by atoms with van der Waals surface area (Å²) >= 11 is 0. The summed E-state index contributed by atoms with van der Waals surface area (Å²) in [4.78, 5) is 2.13. The SMILES string of the molecule is Cc1ccc(O[C@@H]2CCN(C)C[C@H]2O)cc1C. The molecule has 1 N–H and O–H groups in total. The number of benzene rings is 1. The van der Waals surface area contributed by atoms with Gasteiger partial charge < -0.3 is 14.7 Å². The van der Waals surface area contributed by atoms with Crippen molar-refractivity contribution in [3.8, 4) is 5.75 Å². The van der Waals surface area contributed by atoms with Crippen LogP contribution >= 0.6 is 0 Å². The predicted octanol–water partition coefficient (Wildman–Crippen LogP) is 1.75. The van der Waals surface area contributed by atoms with Gasteiger partial charge in [-0.1, -0.05) is 6.07 Å². The van der Waals surface area contributed by atoms with Crippen LogP contribution in [0.5, 0.6) is 5.75 Å². The molecule has 0 unspecified atom stereocenters. The van der Waals surface area contributed by atoms with Crippen LogP contribution < -0.4 is 4.74 Å². The van der Waals surface area contributed by atoms with E-state index < -0.39 is 6.10 Å². The van der Waals surface area contributed by atoms with E-state index in [-0.39, 0.29) is 6.10 Å². The second-order valence-electron chi connectivity index (χ2n) is 5.02. The average molecular weight is 235 g/mol. The van der Waals surface area contributed by atoms with Crippen LogP contribution in [0.4, 0.5) is 0 Å². The van der Waals surface area contributed by atoms with E-state index in [0.29, 0.717) is 6.54 Å². The Kier molecular flexibility index (Phi) is 3.69. The Bertz CT molecular complexity index is 392. The van der Waals surface area contributed by atoms with Crippen molar-refractivity contribution in [2.75, 3.05) is 20.1 Å². The molecule has 1 saturated heterocycles. The van der Waals surface area contributed by atoms with E-state index in [1.54, 1.807) is 0 Å². The summed E-state index contributed by atoms with van der Waals surface area (Å²) in [6, 6.07) is 6.08. The van der Waals surface area contributed by atoms with E-state index in [9.17, 15) is 5.11 Å². The summed E-state index contributed by atoms with van der Waals surface area (Å²) in [5, 5.41) is 9.96. The van der Waals surface area contributed by atoms with Crippen LogP contribution in [0.3, 0.4) is 0 Å². The van der Waals surface area contributed by atoms with Gasteiger partial charge in [0.15, 0.2) is 0 Å². The molecule has 2 atom stereocenters. The number of aliphatic hydroxyl groups is 1. The number of aryl methyl sites for hydroxylation is 2. The van der Waals surface area contributed by atoms with E-state index in [1.165, 1.54) is 11.1 Å². The number of β-amino-alcohol motifs (C(OH)–C–C–N with tert-alkyl or cyclic N) is 1. The van der Waals surface area contributed by atoms with Crippen LogP contribution in [0.15, 0.2) is 18.2 Å². The van der Waals surface area contributed by atoms with Crippen molar-refractivity contribution in [3.63, 3.8) is 0 Å². The average Bonchev–Trinajstić information content (AvgIpc) is 2.27. The Morgan fingerprint density at radius 1 is 1.29 bits per heavy atom. The molecule has 0 aromatic heterocycles. The fourth-order valence-electron chi connectivity index (χ4n) is 2.17. The van der Waals surface area contributed by atoms with Gasteiger partial charge >= 0.3 is 0 Å². The van der Waals surface area contributed by atoms with Crippen molar-refractivity contribution in [1.82, 2.24) is 4.90 Å².